The first-order valence-electron chi connectivity index (χ1n) is 9.50. The lowest BCUT2D eigenvalue weighted by molar-refractivity contribution is 0.300. The Balaban J connectivity index is 2.01. The Hall–Kier alpha value is -2.97. The van der Waals surface area contributed by atoms with Crippen molar-refractivity contribution in [2.45, 2.75) is 19.3 Å². The van der Waals surface area contributed by atoms with E-state index in [1.807, 2.05) is 66.7 Å². The van der Waals surface area contributed by atoms with Gasteiger partial charge in [-0.1, -0.05) is 60.7 Å². The van der Waals surface area contributed by atoms with Crippen molar-refractivity contribution in [2.75, 3.05) is 6.61 Å². The number of aliphatic hydroxyl groups excluding tert-OH is 1. The Bertz CT molecular complexity index is 953. The molecule has 0 aromatic heterocycles. The summed E-state index contributed by atoms with van der Waals surface area (Å²) in [5, 5.41) is 9.52. The van der Waals surface area contributed by atoms with Crippen molar-refractivity contribution in [3.05, 3.63) is 108 Å². The maximum Gasteiger partial charge on any atom is 0.131 e. The van der Waals surface area contributed by atoms with E-state index < -0.39 is 0 Å². The van der Waals surface area contributed by atoms with Crippen molar-refractivity contribution in [3.63, 3.8) is 0 Å². The van der Waals surface area contributed by atoms with Crippen LogP contribution >= 0.6 is 0 Å². The van der Waals surface area contributed by atoms with Crippen molar-refractivity contribution >= 4 is 0 Å². The van der Waals surface area contributed by atoms with Crippen LogP contribution in [0.3, 0.4) is 0 Å². The number of halogens is 1. The summed E-state index contributed by atoms with van der Waals surface area (Å²) in [4.78, 5) is 0. The molecular weight excluding hydrogens is 347 g/mol. The SMILES string of the molecule is C=CCc1ccc(-c2cc(CCO)c(-c3ccc(CC=C)cc3)cc2F)cc1. The third kappa shape index (κ3) is 4.47. The van der Waals surface area contributed by atoms with Crippen LogP contribution in [0.25, 0.3) is 22.3 Å². The molecular formula is C26H25FO. The molecule has 0 saturated heterocycles. The van der Waals surface area contributed by atoms with Gasteiger partial charge in [0.1, 0.15) is 5.82 Å². The minimum absolute atomic E-state index is 0.0187. The van der Waals surface area contributed by atoms with Crippen LogP contribution in [-0.4, -0.2) is 11.7 Å². The maximum atomic E-state index is 15.0. The second-order valence-electron chi connectivity index (χ2n) is 6.84. The van der Waals surface area contributed by atoms with E-state index in [4.69, 9.17) is 0 Å². The fraction of sp³-hybridized carbons (Fsp3) is 0.154. The lowest BCUT2D eigenvalue weighted by Crippen LogP contribution is -1.98. The Labute approximate surface area is 166 Å². The summed E-state index contributed by atoms with van der Waals surface area (Å²) in [6.07, 6.45) is 5.79. The van der Waals surface area contributed by atoms with Gasteiger partial charge in [-0.2, -0.15) is 0 Å². The number of allylic oxidation sites excluding steroid dienone is 2. The predicted molar refractivity (Wildman–Crippen MR) is 116 cm³/mol. The molecule has 0 saturated carbocycles. The molecule has 2 heteroatoms. The summed E-state index contributed by atoms with van der Waals surface area (Å²) in [5.41, 5.74) is 6.40. The molecule has 28 heavy (non-hydrogen) atoms. The minimum Gasteiger partial charge on any atom is -0.396 e. The summed E-state index contributed by atoms with van der Waals surface area (Å²) in [6, 6.07) is 19.4. The van der Waals surface area contributed by atoms with Crippen molar-refractivity contribution in [3.8, 4) is 22.3 Å². The van der Waals surface area contributed by atoms with Crippen molar-refractivity contribution < 1.29 is 9.50 Å². The largest absolute Gasteiger partial charge is 0.396 e. The van der Waals surface area contributed by atoms with E-state index in [1.54, 1.807) is 6.07 Å². The van der Waals surface area contributed by atoms with E-state index in [9.17, 15) is 9.50 Å². The summed E-state index contributed by atoms with van der Waals surface area (Å²) >= 11 is 0. The number of hydrogen-bond acceptors (Lipinski definition) is 1. The quantitative estimate of drug-likeness (QED) is 0.470. The molecule has 1 N–H and O–H groups in total. The molecule has 1 nitrogen and oxygen atoms in total. The van der Waals surface area contributed by atoms with Gasteiger partial charge in [-0.3, -0.25) is 0 Å². The van der Waals surface area contributed by atoms with Gasteiger partial charge in [0.05, 0.1) is 0 Å². The highest BCUT2D eigenvalue weighted by Crippen LogP contribution is 2.32. The zero-order valence-electron chi connectivity index (χ0n) is 16.0. The number of hydrogen-bond donors (Lipinski definition) is 1. The molecule has 0 spiro atoms. The molecule has 3 aromatic carbocycles. The van der Waals surface area contributed by atoms with Crippen LogP contribution in [0.1, 0.15) is 16.7 Å². The molecule has 0 heterocycles. The first kappa shape index (κ1) is 19.8. The minimum atomic E-state index is -0.261. The van der Waals surface area contributed by atoms with E-state index in [1.165, 1.54) is 5.56 Å². The van der Waals surface area contributed by atoms with Crippen LogP contribution in [-0.2, 0) is 19.3 Å². The molecule has 0 bridgehead atoms. The first-order valence-corrected chi connectivity index (χ1v) is 9.50. The zero-order chi connectivity index (χ0) is 19.9. The number of aliphatic hydroxyl groups is 1. The summed E-state index contributed by atoms with van der Waals surface area (Å²) in [7, 11) is 0. The highest BCUT2D eigenvalue weighted by atomic mass is 19.1. The lowest BCUT2D eigenvalue weighted by atomic mass is 9.92. The van der Waals surface area contributed by atoms with Crippen molar-refractivity contribution in [2.24, 2.45) is 0 Å². The molecule has 0 aliphatic heterocycles. The van der Waals surface area contributed by atoms with Crippen LogP contribution < -0.4 is 0 Å². The highest BCUT2D eigenvalue weighted by molar-refractivity contribution is 5.74. The predicted octanol–water partition coefficient (Wildman–Crippen LogP) is 6.15. The van der Waals surface area contributed by atoms with Crippen LogP contribution in [0, 0.1) is 5.82 Å². The van der Waals surface area contributed by atoms with E-state index in [0.29, 0.717) is 12.0 Å². The zero-order valence-corrected chi connectivity index (χ0v) is 16.0. The molecule has 0 aliphatic rings. The summed E-state index contributed by atoms with van der Waals surface area (Å²) in [5.74, 6) is -0.261. The van der Waals surface area contributed by atoms with Crippen LogP contribution in [0.4, 0.5) is 4.39 Å². The average Bonchev–Trinajstić information content (AvgIpc) is 2.71. The summed E-state index contributed by atoms with van der Waals surface area (Å²) < 4.78 is 15.0. The maximum absolute atomic E-state index is 15.0. The van der Waals surface area contributed by atoms with Gasteiger partial charge in [0.2, 0.25) is 0 Å². The molecule has 0 amide bonds. The van der Waals surface area contributed by atoms with Crippen LogP contribution in [0.2, 0.25) is 0 Å². The third-order valence-electron chi connectivity index (χ3n) is 4.86. The fourth-order valence-corrected chi connectivity index (χ4v) is 3.41. The average molecular weight is 372 g/mol. The van der Waals surface area contributed by atoms with E-state index >= 15 is 0 Å². The Morgan fingerprint density at radius 3 is 1.71 bits per heavy atom. The highest BCUT2D eigenvalue weighted by Gasteiger charge is 2.13. The van der Waals surface area contributed by atoms with Gasteiger partial charge in [0, 0.05) is 12.2 Å². The second-order valence-corrected chi connectivity index (χ2v) is 6.84. The van der Waals surface area contributed by atoms with Gasteiger partial charge in [-0.05, 0) is 64.8 Å². The van der Waals surface area contributed by atoms with Crippen molar-refractivity contribution in [1.29, 1.82) is 0 Å². The smallest absolute Gasteiger partial charge is 0.131 e. The Kier molecular flexibility index (Phi) is 6.57. The summed E-state index contributed by atoms with van der Waals surface area (Å²) in [6.45, 7) is 7.53. The number of benzene rings is 3. The molecule has 142 valence electrons. The molecule has 0 unspecified atom stereocenters. The molecule has 0 fully saturated rings. The molecule has 0 radical (unpaired) electrons. The second kappa shape index (κ2) is 9.29. The van der Waals surface area contributed by atoms with E-state index in [-0.39, 0.29) is 12.4 Å². The van der Waals surface area contributed by atoms with Gasteiger partial charge in [0.25, 0.3) is 0 Å². The van der Waals surface area contributed by atoms with Gasteiger partial charge >= 0.3 is 0 Å². The van der Waals surface area contributed by atoms with Gasteiger partial charge in [0.15, 0.2) is 0 Å². The van der Waals surface area contributed by atoms with Crippen LogP contribution in [0.5, 0.6) is 0 Å². The van der Waals surface area contributed by atoms with Gasteiger partial charge in [-0.25, -0.2) is 4.39 Å². The molecule has 0 aliphatic carbocycles. The Morgan fingerprint density at radius 1 is 0.750 bits per heavy atom. The number of rotatable bonds is 8. The topological polar surface area (TPSA) is 20.2 Å². The van der Waals surface area contributed by atoms with Crippen molar-refractivity contribution in [1.82, 2.24) is 0 Å². The van der Waals surface area contributed by atoms with Gasteiger partial charge in [-0.15, -0.1) is 13.2 Å². The monoisotopic (exact) mass is 372 g/mol. The standard InChI is InChI=1S/C26H25FO/c1-3-5-19-7-11-21(12-8-19)24-18-26(27)25(17-23(24)15-16-28)22-13-9-20(6-4-2)10-14-22/h3-4,7-14,17-18,28H,1-2,5-6,15-16H2. The molecule has 3 aromatic rings. The van der Waals surface area contributed by atoms with Gasteiger partial charge < -0.3 is 5.11 Å². The van der Waals surface area contributed by atoms with E-state index in [0.717, 1.165) is 40.7 Å². The molecule has 3 rings (SSSR count). The Morgan fingerprint density at radius 2 is 1.25 bits per heavy atom. The molecule has 0 atom stereocenters. The van der Waals surface area contributed by atoms with Crippen LogP contribution in [0.15, 0.2) is 86.0 Å². The first-order chi connectivity index (χ1) is 13.7. The normalized spacial score (nSPS) is 10.6. The lowest BCUT2D eigenvalue weighted by Gasteiger charge is -2.14. The van der Waals surface area contributed by atoms with E-state index in [2.05, 4.69) is 13.2 Å². The fourth-order valence-electron chi connectivity index (χ4n) is 3.41. The third-order valence-corrected chi connectivity index (χ3v) is 4.86.